The first-order valence-electron chi connectivity index (χ1n) is 3.11. The van der Waals surface area contributed by atoms with Crippen molar-refractivity contribution >= 4 is 27.7 Å². The highest BCUT2D eigenvalue weighted by molar-refractivity contribution is 9.10. The number of carboxylic acids is 1. The van der Waals surface area contributed by atoms with Crippen LogP contribution in [0.1, 0.15) is 10.4 Å². The normalized spacial score (nSPS) is 9.69. The highest BCUT2D eigenvalue weighted by Gasteiger charge is 2.19. The minimum absolute atomic E-state index is 0.346. The quantitative estimate of drug-likeness (QED) is 0.485. The molecule has 1 heterocycles. The fourth-order valence-electron chi connectivity index (χ4n) is 0.697. The number of halogens is 2. The molecule has 0 saturated heterocycles. The van der Waals surface area contributed by atoms with Crippen LogP contribution in [0.15, 0.2) is 16.7 Å². The first-order valence-corrected chi connectivity index (χ1v) is 3.90. The molecule has 0 bridgehead atoms. The second-order valence-corrected chi connectivity index (χ2v) is 3.04. The summed E-state index contributed by atoms with van der Waals surface area (Å²) in [6, 6.07) is 1.07. The van der Waals surface area contributed by atoms with Crippen molar-refractivity contribution in [3.05, 3.63) is 28.2 Å². The fourth-order valence-corrected chi connectivity index (χ4v) is 1.03. The molecule has 0 spiro atoms. The van der Waals surface area contributed by atoms with Gasteiger partial charge in [-0.1, -0.05) is 0 Å². The molecule has 0 atom stereocenters. The molecule has 0 aliphatic heterocycles. The van der Waals surface area contributed by atoms with Gasteiger partial charge in [0, 0.05) is 10.7 Å². The van der Waals surface area contributed by atoms with Gasteiger partial charge in [-0.05, 0) is 22.0 Å². The topological polar surface area (TPSA) is 67.3 Å². The molecule has 6 heteroatoms. The minimum Gasteiger partial charge on any atom is -0.475 e. The predicted octanol–water partition coefficient (Wildman–Crippen LogP) is 1.25. The van der Waals surface area contributed by atoms with Gasteiger partial charge in [0.15, 0.2) is 0 Å². The second-order valence-electron chi connectivity index (χ2n) is 2.13. The molecule has 1 rings (SSSR count). The number of pyridine rings is 1. The van der Waals surface area contributed by atoms with Crippen LogP contribution in [-0.4, -0.2) is 21.8 Å². The minimum atomic E-state index is -1.71. The van der Waals surface area contributed by atoms with E-state index in [4.69, 9.17) is 5.11 Å². The molecule has 1 aromatic rings. The Morgan fingerprint density at radius 1 is 1.54 bits per heavy atom. The van der Waals surface area contributed by atoms with E-state index in [1.807, 2.05) is 0 Å². The molecule has 4 nitrogen and oxygen atoms in total. The number of rotatable bonds is 2. The summed E-state index contributed by atoms with van der Waals surface area (Å²) in [6.07, 6.45) is 1.13. The Morgan fingerprint density at radius 2 is 2.15 bits per heavy atom. The fraction of sp³-hybridized carbons (Fsp3) is 0. The Balaban J connectivity index is 3.21. The molecule has 0 aliphatic rings. The largest absolute Gasteiger partial charge is 0.475 e. The number of carbonyl (C=O) groups excluding carboxylic acids is 1. The zero-order valence-electron chi connectivity index (χ0n) is 6.12. The summed E-state index contributed by atoms with van der Waals surface area (Å²) in [4.78, 5) is 24.2. The third-order valence-corrected chi connectivity index (χ3v) is 1.68. The van der Waals surface area contributed by atoms with Gasteiger partial charge in [0.1, 0.15) is 0 Å². The van der Waals surface area contributed by atoms with Crippen LogP contribution in [0.3, 0.4) is 0 Å². The number of carboxylic acid groups (broad SMARTS) is 1. The van der Waals surface area contributed by atoms with E-state index >= 15 is 0 Å². The zero-order chi connectivity index (χ0) is 10.0. The number of Topliss-reactive ketones (excluding diaryl/α,β-unsaturated/α-hetero) is 1. The summed E-state index contributed by atoms with van der Waals surface area (Å²) in [6.45, 7) is 0. The molecule has 0 aromatic carbocycles. The van der Waals surface area contributed by atoms with Crippen molar-refractivity contribution < 1.29 is 19.1 Å². The number of aliphatic carboxylic acids is 1. The van der Waals surface area contributed by atoms with Crippen LogP contribution in [0.4, 0.5) is 4.39 Å². The van der Waals surface area contributed by atoms with E-state index in [9.17, 15) is 14.0 Å². The lowest BCUT2D eigenvalue weighted by molar-refractivity contribution is -0.131. The smallest absolute Gasteiger partial charge is 0.377 e. The summed E-state index contributed by atoms with van der Waals surface area (Å²) in [5, 5.41) is 8.29. The number of aromatic nitrogens is 1. The number of hydrogen-bond donors (Lipinski definition) is 1. The highest BCUT2D eigenvalue weighted by atomic mass is 79.9. The van der Waals surface area contributed by atoms with E-state index in [1.165, 1.54) is 0 Å². The van der Waals surface area contributed by atoms with Crippen LogP contribution in [0.2, 0.25) is 0 Å². The van der Waals surface area contributed by atoms with Gasteiger partial charge in [-0.2, -0.15) is 4.39 Å². The van der Waals surface area contributed by atoms with E-state index in [0.29, 0.717) is 4.47 Å². The summed E-state index contributed by atoms with van der Waals surface area (Å²) in [5.41, 5.74) is -0.554. The van der Waals surface area contributed by atoms with Crippen molar-refractivity contribution in [1.82, 2.24) is 4.98 Å². The first kappa shape index (κ1) is 9.79. The van der Waals surface area contributed by atoms with Gasteiger partial charge in [0.05, 0.1) is 5.56 Å². The van der Waals surface area contributed by atoms with Crippen LogP contribution in [0.5, 0.6) is 0 Å². The third-order valence-electron chi connectivity index (χ3n) is 1.24. The predicted molar refractivity (Wildman–Crippen MR) is 43.9 cm³/mol. The molecule has 1 aromatic heterocycles. The summed E-state index contributed by atoms with van der Waals surface area (Å²) >= 11 is 2.94. The van der Waals surface area contributed by atoms with Gasteiger partial charge in [-0.15, -0.1) is 0 Å². The lowest BCUT2D eigenvalue weighted by Gasteiger charge is -1.97. The Kier molecular flexibility index (Phi) is 2.72. The monoisotopic (exact) mass is 247 g/mol. The van der Waals surface area contributed by atoms with Crippen LogP contribution in [0, 0.1) is 5.95 Å². The maximum absolute atomic E-state index is 12.8. The first-order chi connectivity index (χ1) is 6.02. The maximum atomic E-state index is 12.8. The Labute approximate surface area is 80.5 Å². The van der Waals surface area contributed by atoms with Crippen LogP contribution in [0.25, 0.3) is 0 Å². The molecule has 68 valence electrons. The van der Waals surface area contributed by atoms with Crippen LogP contribution in [-0.2, 0) is 4.79 Å². The standard InChI is InChI=1S/C7H3BrFNO3/c8-3-1-4(5(11)7(12)13)6(9)10-2-3/h1-2H,(H,12,13). The highest BCUT2D eigenvalue weighted by Crippen LogP contribution is 2.13. The Morgan fingerprint density at radius 3 is 2.69 bits per heavy atom. The molecule has 0 radical (unpaired) electrons. The molecular weight excluding hydrogens is 245 g/mol. The zero-order valence-corrected chi connectivity index (χ0v) is 7.71. The van der Waals surface area contributed by atoms with Gasteiger partial charge in [0.2, 0.25) is 5.95 Å². The van der Waals surface area contributed by atoms with Gasteiger partial charge < -0.3 is 5.11 Å². The average Bonchev–Trinajstić information content (AvgIpc) is 2.08. The number of carbonyl (C=O) groups is 2. The van der Waals surface area contributed by atoms with Crippen LogP contribution >= 0.6 is 15.9 Å². The van der Waals surface area contributed by atoms with E-state index in [0.717, 1.165) is 12.3 Å². The third kappa shape index (κ3) is 2.09. The molecule has 13 heavy (non-hydrogen) atoms. The summed E-state index contributed by atoms with van der Waals surface area (Å²) in [7, 11) is 0. The average molecular weight is 248 g/mol. The molecule has 0 aliphatic carbocycles. The van der Waals surface area contributed by atoms with Crippen molar-refractivity contribution in [1.29, 1.82) is 0 Å². The van der Waals surface area contributed by atoms with Gasteiger partial charge in [-0.3, -0.25) is 4.79 Å². The second kappa shape index (κ2) is 3.61. The van der Waals surface area contributed by atoms with E-state index in [2.05, 4.69) is 20.9 Å². The number of nitrogens with zero attached hydrogens (tertiary/aromatic N) is 1. The molecule has 0 saturated carbocycles. The van der Waals surface area contributed by atoms with Crippen molar-refractivity contribution in [3.63, 3.8) is 0 Å². The molecule has 0 unspecified atom stereocenters. The maximum Gasteiger partial charge on any atom is 0.377 e. The van der Waals surface area contributed by atoms with Crippen LogP contribution < -0.4 is 0 Å². The van der Waals surface area contributed by atoms with E-state index < -0.39 is 23.3 Å². The Bertz CT molecular complexity index is 380. The lowest BCUT2D eigenvalue weighted by atomic mass is 10.2. The van der Waals surface area contributed by atoms with E-state index in [-0.39, 0.29) is 0 Å². The molecular formula is C7H3BrFNO3. The number of hydrogen-bond acceptors (Lipinski definition) is 3. The lowest BCUT2D eigenvalue weighted by Crippen LogP contribution is -2.15. The van der Waals surface area contributed by atoms with Crippen molar-refractivity contribution in [3.8, 4) is 0 Å². The van der Waals surface area contributed by atoms with Crippen molar-refractivity contribution in [2.45, 2.75) is 0 Å². The van der Waals surface area contributed by atoms with Gasteiger partial charge in [-0.25, -0.2) is 9.78 Å². The SMILES string of the molecule is O=C(O)C(=O)c1cc(Br)cnc1F. The van der Waals surface area contributed by atoms with Crippen molar-refractivity contribution in [2.24, 2.45) is 0 Å². The van der Waals surface area contributed by atoms with Crippen molar-refractivity contribution in [2.75, 3.05) is 0 Å². The molecule has 0 amide bonds. The van der Waals surface area contributed by atoms with E-state index in [1.54, 1.807) is 0 Å². The number of ketones is 1. The summed E-state index contributed by atoms with van der Waals surface area (Å²) < 4.78 is 13.1. The van der Waals surface area contributed by atoms with Gasteiger partial charge >= 0.3 is 5.97 Å². The Hall–Kier alpha value is -1.30. The molecule has 1 N–H and O–H groups in total. The van der Waals surface area contributed by atoms with Gasteiger partial charge in [0.25, 0.3) is 5.78 Å². The molecule has 0 fully saturated rings. The summed E-state index contributed by atoms with van der Waals surface area (Å²) in [5.74, 6) is -4.11.